The summed E-state index contributed by atoms with van der Waals surface area (Å²) < 4.78 is 5.40. The molecule has 0 radical (unpaired) electrons. The van der Waals surface area contributed by atoms with E-state index in [1.165, 1.54) is 27.8 Å². The molecule has 118 valence electrons. The fourth-order valence-electron chi connectivity index (χ4n) is 3.43. The maximum atomic E-state index is 5.40. The number of methoxy groups -OCH3 is 1. The molecule has 0 atom stereocenters. The minimum Gasteiger partial charge on any atom is -0.497 e. The van der Waals surface area contributed by atoms with Gasteiger partial charge in [-0.3, -0.25) is 4.98 Å². The molecule has 4 rings (SSSR count). The van der Waals surface area contributed by atoms with Crippen molar-refractivity contribution in [3.8, 4) is 5.75 Å². The van der Waals surface area contributed by atoms with Crippen molar-refractivity contribution in [1.82, 2.24) is 4.98 Å². The molecule has 0 amide bonds. The number of aryl methyl sites for hydroxylation is 1. The van der Waals surface area contributed by atoms with E-state index in [-0.39, 0.29) is 0 Å². The third-order valence-electron chi connectivity index (χ3n) is 4.57. The van der Waals surface area contributed by atoms with E-state index in [0.29, 0.717) is 0 Å². The molecule has 0 unspecified atom stereocenters. The van der Waals surface area contributed by atoms with E-state index in [2.05, 4.69) is 59.6 Å². The van der Waals surface area contributed by atoms with Crippen molar-refractivity contribution in [3.63, 3.8) is 0 Å². The lowest BCUT2D eigenvalue weighted by Crippen LogP contribution is -2.07. The van der Waals surface area contributed by atoms with Gasteiger partial charge in [-0.25, -0.2) is 0 Å². The first-order valence-electron chi connectivity index (χ1n) is 8.24. The number of hydrogen-bond acceptors (Lipinski definition) is 2. The van der Waals surface area contributed by atoms with Gasteiger partial charge in [0.1, 0.15) is 5.75 Å². The van der Waals surface area contributed by atoms with Crippen LogP contribution in [0.5, 0.6) is 5.75 Å². The van der Waals surface area contributed by atoms with E-state index >= 15 is 0 Å². The molecular weight excluding hydrogens is 294 g/mol. The number of ether oxygens (including phenoxy) is 1. The highest BCUT2D eigenvalue weighted by Crippen LogP contribution is 2.40. The Balaban J connectivity index is 1.96. The molecule has 1 aliphatic carbocycles. The molecule has 0 N–H and O–H groups in total. The Morgan fingerprint density at radius 2 is 1.71 bits per heavy atom. The molecule has 2 heteroatoms. The second-order valence-electron chi connectivity index (χ2n) is 5.96. The Hall–Kier alpha value is -2.87. The van der Waals surface area contributed by atoms with Gasteiger partial charge in [-0.15, -0.1) is 0 Å². The maximum Gasteiger partial charge on any atom is 0.119 e. The number of aromatic nitrogens is 1. The van der Waals surface area contributed by atoms with Crippen molar-refractivity contribution in [3.05, 3.63) is 95.3 Å². The fraction of sp³-hybridized carbons (Fsp3) is 0.136. The monoisotopic (exact) mass is 313 g/mol. The van der Waals surface area contributed by atoms with Gasteiger partial charge in [0.25, 0.3) is 0 Å². The van der Waals surface area contributed by atoms with Crippen molar-refractivity contribution in [2.75, 3.05) is 7.11 Å². The molecule has 1 heterocycles. The number of allylic oxidation sites excluding steroid dienone is 1. The smallest absolute Gasteiger partial charge is 0.119 e. The van der Waals surface area contributed by atoms with E-state index in [1.54, 1.807) is 7.11 Å². The third-order valence-corrected chi connectivity index (χ3v) is 4.57. The molecule has 2 aromatic carbocycles. The van der Waals surface area contributed by atoms with Crippen LogP contribution in [0.4, 0.5) is 0 Å². The number of hydrogen-bond donors (Lipinski definition) is 0. The number of fused-ring (bicyclic) bond motifs is 1. The number of rotatable bonds is 3. The van der Waals surface area contributed by atoms with Crippen molar-refractivity contribution < 1.29 is 4.74 Å². The van der Waals surface area contributed by atoms with Gasteiger partial charge in [-0.1, -0.05) is 42.5 Å². The molecule has 3 aromatic rings. The van der Waals surface area contributed by atoms with Crippen molar-refractivity contribution in [2.45, 2.75) is 12.8 Å². The first kappa shape index (κ1) is 14.7. The normalized spacial score (nSPS) is 13.5. The summed E-state index contributed by atoms with van der Waals surface area (Å²) in [7, 11) is 1.72. The highest BCUT2D eigenvalue weighted by atomic mass is 16.5. The molecule has 0 saturated carbocycles. The van der Waals surface area contributed by atoms with Crippen LogP contribution >= 0.6 is 0 Å². The predicted octanol–water partition coefficient (Wildman–Crippen LogP) is 5.00. The van der Waals surface area contributed by atoms with E-state index in [1.807, 2.05) is 18.3 Å². The van der Waals surface area contributed by atoms with Gasteiger partial charge >= 0.3 is 0 Å². The first-order valence-corrected chi connectivity index (χ1v) is 8.24. The molecule has 0 saturated heterocycles. The zero-order valence-corrected chi connectivity index (χ0v) is 13.7. The Bertz CT molecular complexity index is 882. The second-order valence-corrected chi connectivity index (χ2v) is 5.96. The van der Waals surface area contributed by atoms with E-state index < -0.39 is 0 Å². The molecule has 0 fully saturated rings. The number of pyridine rings is 1. The van der Waals surface area contributed by atoms with Gasteiger partial charge < -0.3 is 4.74 Å². The summed E-state index contributed by atoms with van der Waals surface area (Å²) in [5.74, 6) is 0.914. The minimum absolute atomic E-state index is 0.914. The van der Waals surface area contributed by atoms with Crippen LogP contribution in [-0.4, -0.2) is 12.1 Å². The summed E-state index contributed by atoms with van der Waals surface area (Å²) in [6, 6.07) is 23.1. The van der Waals surface area contributed by atoms with Crippen molar-refractivity contribution in [2.24, 2.45) is 0 Å². The quantitative estimate of drug-likeness (QED) is 0.679. The average Bonchev–Trinajstić information content (AvgIpc) is 2.68. The third kappa shape index (κ3) is 2.61. The molecule has 2 nitrogen and oxygen atoms in total. The van der Waals surface area contributed by atoms with Gasteiger partial charge in [0, 0.05) is 11.8 Å². The summed E-state index contributed by atoms with van der Waals surface area (Å²) >= 11 is 0. The van der Waals surface area contributed by atoms with Crippen LogP contribution in [0.25, 0.3) is 11.1 Å². The SMILES string of the molecule is COc1ccc2c(c1)CCC(c1ccccc1)=C2c1ccccn1. The molecule has 24 heavy (non-hydrogen) atoms. The standard InChI is InChI=1S/C22H19NO/c1-24-18-11-13-20-17(15-18)10-12-19(16-7-3-2-4-8-16)22(20)21-9-5-6-14-23-21/h2-9,11,13-15H,10,12H2,1H3. The summed E-state index contributed by atoms with van der Waals surface area (Å²) in [4.78, 5) is 4.63. The van der Waals surface area contributed by atoms with Gasteiger partial charge in [0.2, 0.25) is 0 Å². The Morgan fingerprint density at radius 3 is 2.46 bits per heavy atom. The minimum atomic E-state index is 0.914. The molecular formula is C22H19NO. The highest BCUT2D eigenvalue weighted by molar-refractivity contribution is 5.99. The predicted molar refractivity (Wildman–Crippen MR) is 97.9 cm³/mol. The maximum absolute atomic E-state index is 5.40. The topological polar surface area (TPSA) is 22.1 Å². The molecule has 1 aliphatic rings. The molecule has 0 spiro atoms. The van der Waals surface area contributed by atoms with Crippen LogP contribution in [0.15, 0.2) is 72.9 Å². The van der Waals surface area contributed by atoms with Gasteiger partial charge in [0.15, 0.2) is 0 Å². The fourth-order valence-corrected chi connectivity index (χ4v) is 3.43. The number of nitrogens with zero attached hydrogens (tertiary/aromatic N) is 1. The molecule has 0 bridgehead atoms. The largest absolute Gasteiger partial charge is 0.497 e. The lowest BCUT2D eigenvalue weighted by Gasteiger charge is -2.24. The van der Waals surface area contributed by atoms with Crippen LogP contribution in [0.2, 0.25) is 0 Å². The Labute approximate surface area is 142 Å². The molecule has 1 aromatic heterocycles. The lowest BCUT2D eigenvalue weighted by atomic mass is 9.81. The summed E-state index contributed by atoms with van der Waals surface area (Å²) in [5.41, 5.74) is 7.51. The van der Waals surface area contributed by atoms with Crippen LogP contribution in [0.1, 0.15) is 28.8 Å². The average molecular weight is 313 g/mol. The van der Waals surface area contributed by atoms with Gasteiger partial charge in [-0.2, -0.15) is 0 Å². The van der Waals surface area contributed by atoms with Crippen LogP contribution < -0.4 is 4.74 Å². The van der Waals surface area contributed by atoms with Crippen LogP contribution in [-0.2, 0) is 6.42 Å². The zero-order valence-electron chi connectivity index (χ0n) is 13.7. The number of benzene rings is 2. The summed E-state index contributed by atoms with van der Waals surface area (Å²) in [6.07, 6.45) is 3.89. The van der Waals surface area contributed by atoms with E-state index in [0.717, 1.165) is 24.3 Å². The van der Waals surface area contributed by atoms with Crippen LogP contribution in [0, 0.1) is 0 Å². The first-order chi connectivity index (χ1) is 11.9. The zero-order chi connectivity index (χ0) is 16.4. The highest BCUT2D eigenvalue weighted by Gasteiger charge is 2.22. The second kappa shape index (κ2) is 6.32. The van der Waals surface area contributed by atoms with Crippen molar-refractivity contribution >= 4 is 11.1 Å². The van der Waals surface area contributed by atoms with E-state index in [4.69, 9.17) is 4.74 Å². The lowest BCUT2D eigenvalue weighted by molar-refractivity contribution is 0.414. The summed E-state index contributed by atoms with van der Waals surface area (Å²) in [6.45, 7) is 0. The van der Waals surface area contributed by atoms with Gasteiger partial charge in [-0.05, 0) is 59.4 Å². The van der Waals surface area contributed by atoms with Crippen LogP contribution in [0.3, 0.4) is 0 Å². The van der Waals surface area contributed by atoms with E-state index in [9.17, 15) is 0 Å². The summed E-state index contributed by atoms with van der Waals surface area (Å²) in [5, 5.41) is 0. The van der Waals surface area contributed by atoms with Gasteiger partial charge in [0.05, 0.1) is 12.8 Å². The Morgan fingerprint density at radius 1 is 0.875 bits per heavy atom. The Kier molecular flexibility index (Phi) is 3.87. The van der Waals surface area contributed by atoms with Crippen molar-refractivity contribution in [1.29, 1.82) is 0 Å². The molecule has 0 aliphatic heterocycles.